The van der Waals surface area contributed by atoms with Crippen LogP contribution in [0.15, 0.2) is 0 Å². The van der Waals surface area contributed by atoms with E-state index in [1.165, 1.54) is 0 Å². The van der Waals surface area contributed by atoms with Gasteiger partial charge in [0.1, 0.15) is 11.6 Å². The fourth-order valence-corrected chi connectivity index (χ4v) is 4.00. The van der Waals surface area contributed by atoms with Crippen molar-refractivity contribution in [1.29, 1.82) is 5.26 Å². The van der Waals surface area contributed by atoms with Crippen molar-refractivity contribution in [1.82, 2.24) is 15.1 Å². The van der Waals surface area contributed by atoms with Crippen LogP contribution in [0.5, 0.6) is 0 Å². The van der Waals surface area contributed by atoms with Crippen LogP contribution in [0.25, 0.3) is 0 Å². The van der Waals surface area contributed by atoms with Crippen molar-refractivity contribution in [3.63, 3.8) is 0 Å². The first-order valence-corrected chi connectivity index (χ1v) is 9.78. The summed E-state index contributed by atoms with van der Waals surface area (Å²) in [4.78, 5) is 2.11. The van der Waals surface area contributed by atoms with Crippen molar-refractivity contribution in [3.05, 3.63) is 16.8 Å². The molecule has 1 aliphatic heterocycles. The van der Waals surface area contributed by atoms with Crippen LogP contribution in [0.2, 0.25) is 0 Å². The van der Waals surface area contributed by atoms with Gasteiger partial charge in [-0.1, -0.05) is 13.8 Å². The third-order valence-electron chi connectivity index (χ3n) is 4.12. The van der Waals surface area contributed by atoms with E-state index in [2.05, 4.69) is 26.5 Å². The van der Waals surface area contributed by atoms with Gasteiger partial charge in [-0.25, -0.2) is 8.42 Å². The topological polar surface area (TPSA) is 99.0 Å². The third-order valence-corrected chi connectivity index (χ3v) is 5.72. The number of hydrogen-bond donors (Lipinski definition) is 1. The van der Waals surface area contributed by atoms with Gasteiger partial charge in [-0.3, -0.25) is 4.90 Å². The first-order chi connectivity index (χ1) is 11.0. The van der Waals surface area contributed by atoms with Gasteiger partial charge in [-0.15, -0.1) is 5.10 Å². The molecule has 2 heterocycles. The second kappa shape index (κ2) is 7.70. The normalized spacial score (nSPS) is 17.6. The molecule has 23 heavy (non-hydrogen) atoms. The van der Waals surface area contributed by atoms with E-state index in [-0.39, 0.29) is 11.5 Å². The molecule has 1 aliphatic rings. The largest absolute Gasteiger partial charge is 0.366 e. The molecular formula is C15H23N5O2S. The molecule has 2 rings (SSSR count). The molecule has 1 fully saturated rings. The van der Waals surface area contributed by atoms with Gasteiger partial charge in [0.05, 0.1) is 17.2 Å². The number of nitrogens with one attached hydrogen (secondary N) is 1. The predicted molar refractivity (Wildman–Crippen MR) is 89.1 cm³/mol. The number of hydrogen-bond acceptors (Lipinski definition) is 7. The third kappa shape index (κ3) is 4.39. The number of sulfone groups is 1. The minimum atomic E-state index is -2.85. The van der Waals surface area contributed by atoms with Crippen LogP contribution in [0, 0.1) is 11.3 Å². The zero-order valence-electron chi connectivity index (χ0n) is 13.7. The monoisotopic (exact) mass is 337 g/mol. The fourth-order valence-electron chi connectivity index (χ4n) is 2.72. The Morgan fingerprint density at radius 3 is 2.48 bits per heavy atom. The maximum Gasteiger partial charge on any atom is 0.166 e. The Morgan fingerprint density at radius 2 is 1.91 bits per heavy atom. The highest BCUT2D eigenvalue weighted by atomic mass is 32.2. The molecule has 0 amide bonds. The summed E-state index contributed by atoms with van der Waals surface area (Å²) < 4.78 is 22.8. The molecule has 0 radical (unpaired) electrons. The Bertz CT molecular complexity index is 683. The zero-order valence-corrected chi connectivity index (χ0v) is 14.5. The maximum atomic E-state index is 11.4. The molecule has 0 bridgehead atoms. The van der Waals surface area contributed by atoms with E-state index in [1.54, 1.807) is 0 Å². The molecular weight excluding hydrogens is 314 g/mol. The molecule has 0 aromatic carbocycles. The minimum Gasteiger partial charge on any atom is -0.366 e. The molecule has 0 spiro atoms. The summed E-state index contributed by atoms with van der Waals surface area (Å²) in [5.74, 6) is 0.967. The molecule has 1 aromatic rings. The molecule has 1 aromatic heterocycles. The molecule has 0 unspecified atom stereocenters. The Balaban J connectivity index is 1.97. The van der Waals surface area contributed by atoms with E-state index in [1.807, 2.05) is 13.8 Å². The SMILES string of the molecule is CCc1nnc(NCCN2CCS(=O)(=O)CC2)c(C#N)c1CC. The van der Waals surface area contributed by atoms with E-state index < -0.39 is 9.84 Å². The van der Waals surface area contributed by atoms with Crippen LogP contribution < -0.4 is 5.32 Å². The summed E-state index contributed by atoms with van der Waals surface area (Å²) in [5, 5.41) is 20.9. The number of nitriles is 1. The lowest BCUT2D eigenvalue weighted by atomic mass is 10.0. The molecule has 7 nitrogen and oxygen atoms in total. The first-order valence-electron chi connectivity index (χ1n) is 7.96. The Labute approximate surface area is 137 Å². The summed E-state index contributed by atoms with van der Waals surface area (Å²) in [6.45, 7) is 6.47. The van der Waals surface area contributed by atoms with Crippen molar-refractivity contribution in [2.24, 2.45) is 0 Å². The lowest BCUT2D eigenvalue weighted by Crippen LogP contribution is -2.42. The van der Waals surface area contributed by atoms with Crippen molar-refractivity contribution < 1.29 is 8.42 Å². The number of anilines is 1. The molecule has 0 atom stereocenters. The predicted octanol–water partition coefficient (Wildman–Crippen LogP) is 0.615. The number of aryl methyl sites for hydroxylation is 1. The van der Waals surface area contributed by atoms with Crippen molar-refractivity contribution in [2.75, 3.05) is 43.0 Å². The van der Waals surface area contributed by atoms with Crippen LogP contribution >= 0.6 is 0 Å². The van der Waals surface area contributed by atoms with Gasteiger partial charge in [0.15, 0.2) is 15.7 Å². The van der Waals surface area contributed by atoms with E-state index in [9.17, 15) is 13.7 Å². The fraction of sp³-hybridized carbons (Fsp3) is 0.667. The van der Waals surface area contributed by atoms with Gasteiger partial charge in [-0.2, -0.15) is 10.4 Å². The summed E-state index contributed by atoms with van der Waals surface area (Å²) in [6.07, 6.45) is 1.51. The molecule has 0 saturated carbocycles. The standard InChI is InChI=1S/C15H23N5O2S/c1-3-12-13(11-16)15(19-18-14(12)4-2)17-5-6-20-7-9-23(21,22)10-8-20/h3-10H2,1-2H3,(H,17,19). The van der Waals surface area contributed by atoms with Gasteiger partial charge < -0.3 is 5.32 Å². The Hall–Kier alpha value is -1.72. The zero-order chi connectivity index (χ0) is 16.9. The summed E-state index contributed by atoms with van der Waals surface area (Å²) >= 11 is 0. The number of aromatic nitrogens is 2. The highest BCUT2D eigenvalue weighted by molar-refractivity contribution is 7.91. The van der Waals surface area contributed by atoms with Gasteiger partial charge in [-0.05, 0) is 18.4 Å². The quantitative estimate of drug-likeness (QED) is 0.812. The molecule has 126 valence electrons. The van der Waals surface area contributed by atoms with Gasteiger partial charge in [0.25, 0.3) is 0 Å². The molecule has 8 heteroatoms. The summed E-state index contributed by atoms with van der Waals surface area (Å²) in [5.41, 5.74) is 2.40. The van der Waals surface area contributed by atoms with E-state index >= 15 is 0 Å². The van der Waals surface area contributed by atoms with Crippen LogP contribution in [0.1, 0.15) is 30.7 Å². The maximum absolute atomic E-state index is 11.4. The van der Waals surface area contributed by atoms with Crippen molar-refractivity contribution >= 4 is 15.7 Å². The second-order valence-corrected chi connectivity index (χ2v) is 7.89. The van der Waals surface area contributed by atoms with Gasteiger partial charge in [0.2, 0.25) is 0 Å². The van der Waals surface area contributed by atoms with Crippen LogP contribution in [0.3, 0.4) is 0 Å². The lowest BCUT2D eigenvalue weighted by Gasteiger charge is -2.26. The smallest absolute Gasteiger partial charge is 0.166 e. The second-order valence-electron chi connectivity index (χ2n) is 5.59. The number of rotatable bonds is 6. The van der Waals surface area contributed by atoms with Crippen LogP contribution in [-0.2, 0) is 22.7 Å². The Morgan fingerprint density at radius 1 is 1.22 bits per heavy atom. The Kier molecular flexibility index (Phi) is 5.91. The molecule has 1 N–H and O–H groups in total. The van der Waals surface area contributed by atoms with Gasteiger partial charge in [0, 0.05) is 26.2 Å². The minimum absolute atomic E-state index is 0.224. The molecule has 1 saturated heterocycles. The van der Waals surface area contributed by atoms with Crippen LogP contribution in [0.4, 0.5) is 5.82 Å². The van der Waals surface area contributed by atoms with Crippen molar-refractivity contribution in [3.8, 4) is 6.07 Å². The van der Waals surface area contributed by atoms with Crippen molar-refractivity contribution in [2.45, 2.75) is 26.7 Å². The highest BCUT2D eigenvalue weighted by Crippen LogP contribution is 2.19. The van der Waals surface area contributed by atoms with E-state index in [0.717, 1.165) is 30.6 Å². The highest BCUT2D eigenvalue weighted by Gasteiger charge is 2.21. The number of nitrogens with zero attached hydrogens (tertiary/aromatic N) is 4. The molecule has 0 aliphatic carbocycles. The van der Waals surface area contributed by atoms with Crippen LogP contribution in [-0.4, -0.2) is 61.2 Å². The van der Waals surface area contributed by atoms with E-state index in [0.29, 0.717) is 31.0 Å². The average Bonchev–Trinajstić information content (AvgIpc) is 2.55. The van der Waals surface area contributed by atoms with E-state index in [4.69, 9.17) is 0 Å². The summed E-state index contributed by atoms with van der Waals surface area (Å²) in [7, 11) is -2.85. The lowest BCUT2D eigenvalue weighted by molar-refractivity contribution is 0.307. The summed E-state index contributed by atoms with van der Waals surface area (Å²) in [6, 6.07) is 2.23. The van der Waals surface area contributed by atoms with Gasteiger partial charge >= 0.3 is 0 Å². The first kappa shape index (κ1) is 17.6. The average molecular weight is 337 g/mol.